The monoisotopic (exact) mass is 310 g/mol. The Kier molecular flexibility index (Phi) is 3.51. The van der Waals surface area contributed by atoms with E-state index in [1.807, 2.05) is 18.2 Å². The first kappa shape index (κ1) is 13.2. The van der Waals surface area contributed by atoms with E-state index in [2.05, 4.69) is 5.32 Å². The zero-order chi connectivity index (χ0) is 14.1. The number of fused-ring (bicyclic) bond motifs is 1. The summed E-state index contributed by atoms with van der Waals surface area (Å²) >= 11 is 12.3. The molecule has 0 saturated carbocycles. The van der Waals surface area contributed by atoms with Gasteiger partial charge in [-0.05, 0) is 24.3 Å². The van der Waals surface area contributed by atoms with E-state index in [1.165, 1.54) is 0 Å². The SMILES string of the molecule is Nc1cc(Cl)c(Nc2ccc3c(c2)OCCO3)c(Cl)c1. The van der Waals surface area contributed by atoms with Gasteiger partial charge in [-0.1, -0.05) is 23.2 Å². The van der Waals surface area contributed by atoms with E-state index in [0.29, 0.717) is 40.4 Å². The molecule has 104 valence electrons. The predicted molar refractivity (Wildman–Crippen MR) is 81.6 cm³/mol. The third kappa shape index (κ3) is 2.57. The number of benzene rings is 2. The van der Waals surface area contributed by atoms with Crippen LogP contribution in [0.25, 0.3) is 0 Å². The molecular formula is C14H12Cl2N2O2. The van der Waals surface area contributed by atoms with Crippen molar-refractivity contribution in [3.05, 3.63) is 40.4 Å². The maximum absolute atomic E-state index is 6.15. The molecule has 0 saturated heterocycles. The molecule has 20 heavy (non-hydrogen) atoms. The molecular weight excluding hydrogens is 299 g/mol. The molecule has 4 nitrogen and oxygen atoms in total. The number of nitrogens with two attached hydrogens (primary N) is 1. The lowest BCUT2D eigenvalue weighted by molar-refractivity contribution is 0.171. The number of hydrogen-bond donors (Lipinski definition) is 2. The summed E-state index contributed by atoms with van der Waals surface area (Å²) in [7, 11) is 0. The first-order valence-electron chi connectivity index (χ1n) is 6.04. The number of anilines is 3. The maximum atomic E-state index is 6.15. The fraction of sp³-hybridized carbons (Fsp3) is 0.143. The van der Waals surface area contributed by atoms with E-state index in [9.17, 15) is 0 Å². The Morgan fingerprint density at radius 3 is 2.30 bits per heavy atom. The Morgan fingerprint density at radius 2 is 1.60 bits per heavy atom. The largest absolute Gasteiger partial charge is 0.486 e. The molecule has 2 aromatic rings. The minimum atomic E-state index is 0.463. The van der Waals surface area contributed by atoms with Crippen LogP contribution in [0.15, 0.2) is 30.3 Å². The van der Waals surface area contributed by atoms with Gasteiger partial charge in [-0.2, -0.15) is 0 Å². The summed E-state index contributed by atoms with van der Waals surface area (Å²) in [5, 5.41) is 4.09. The van der Waals surface area contributed by atoms with Crippen molar-refractivity contribution < 1.29 is 9.47 Å². The summed E-state index contributed by atoms with van der Waals surface area (Å²) in [6.07, 6.45) is 0. The summed E-state index contributed by atoms with van der Waals surface area (Å²) in [6, 6.07) is 8.85. The molecule has 0 atom stereocenters. The number of halogens is 2. The van der Waals surface area contributed by atoms with E-state index >= 15 is 0 Å². The number of rotatable bonds is 2. The molecule has 0 fully saturated rings. The third-order valence-electron chi connectivity index (χ3n) is 2.88. The minimum Gasteiger partial charge on any atom is -0.486 e. The highest BCUT2D eigenvalue weighted by Crippen LogP contribution is 2.38. The van der Waals surface area contributed by atoms with E-state index in [-0.39, 0.29) is 0 Å². The molecule has 1 aliphatic rings. The van der Waals surface area contributed by atoms with Gasteiger partial charge >= 0.3 is 0 Å². The average molecular weight is 311 g/mol. The van der Waals surface area contributed by atoms with Crippen LogP contribution in [-0.4, -0.2) is 13.2 Å². The van der Waals surface area contributed by atoms with Crippen LogP contribution in [-0.2, 0) is 0 Å². The Hall–Kier alpha value is -1.78. The second-order valence-corrected chi connectivity index (χ2v) is 5.16. The van der Waals surface area contributed by atoms with Gasteiger partial charge in [-0.3, -0.25) is 0 Å². The highest BCUT2D eigenvalue weighted by atomic mass is 35.5. The van der Waals surface area contributed by atoms with Crippen LogP contribution in [0.5, 0.6) is 11.5 Å². The molecule has 0 bridgehead atoms. The van der Waals surface area contributed by atoms with Crippen molar-refractivity contribution in [2.75, 3.05) is 24.3 Å². The number of hydrogen-bond acceptors (Lipinski definition) is 4. The average Bonchev–Trinajstić information content (AvgIpc) is 2.42. The normalized spacial score (nSPS) is 13.1. The number of nitrogens with one attached hydrogen (secondary N) is 1. The highest BCUT2D eigenvalue weighted by Gasteiger charge is 2.13. The van der Waals surface area contributed by atoms with Gasteiger partial charge in [0.05, 0.1) is 15.7 Å². The Bertz CT molecular complexity index is 639. The van der Waals surface area contributed by atoms with Crippen LogP contribution in [0.3, 0.4) is 0 Å². The number of ether oxygens (including phenoxy) is 2. The Labute approximate surface area is 126 Å². The first-order chi connectivity index (χ1) is 9.63. The van der Waals surface area contributed by atoms with E-state index < -0.39 is 0 Å². The van der Waals surface area contributed by atoms with Crippen LogP contribution >= 0.6 is 23.2 Å². The fourth-order valence-electron chi connectivity index (χ4n) is 1.98. The lowest BCUT2D eigenvalue weighted by atomic mass is 10.2. The molecule has 0 aromatic heterocycles. The standard InChI is InChI=1S/C14H12Cl2N2O2/c15-10-5-8(17)6-11(16)14(10)18-9-1-2-12-13(7-9)20-4-3-19-12/h1-2,5-7,18H,3-4,17H2. The quantitative estimate of drug-likeness (QED) is 0.820. The zero-order valence-electron chi connectivity index (χ0n) is 10.5. The topological polar surface area (TPSA) is 56.5 Å². The molecule has 1 heterocycles. The Morgan fingerprint density at radius 1 is 0.950 bits per heavy atom. The highest BCUT2D eigenvalue weighted by molar-refractivity contribution is 6.39. The molecule has 0 spiro atoms. The molecule has 0 unspecified atom stereocenters. The van der Waals surface area contributed by atoms with Crippen molar-refractivity contribution in [2.45, 2.75) is 0 Å². The first-order valence-corrected chi connectivity index (χ1v) is 6.80. The van der Waals surface area contributed by atoms with Crippen molar-refractivity contribution in [1.29, 1.82) is 0 Å². The van der Waals surface area contributed by atoms with Crippen LogP contribution < -0.4 is 20.5 Å². The molecule has 0 aliphatic carbocycles. The second-order valence-electron chi connectivity index (χ2n) is 4.34. The molecule has 3 rings (SSSR count). The lowest BCUT2D eigenvalue weighted by Gasteiger charge is -2.19. The van der Waals surface area contributed by atoms with Crippen molar-refractivity contribution >= 4 is 40.3 Å². The molecule has 0 amide bonds. The van der Waals surface area contributed by atoms with Crippen LogP contribution in [0.4, 0.5) is 17.1 Å². The predicted octanol–water partition coefficient (Wildman–Crippen LogP) is 4.09. The van der Waals surface area contributed by atoms with Crippen molar-refractivity contribution in [3.63, 3.8) is 0 Å². The summed E-state index contributed by atoms with van der Waals surface area (Å²) in [5.74, 6) is 1.43. The molecule has 6 heteroatoms. The number of nitrogen functional groups attached to an aromatic ring is 1. The van der Waals surface area contributed by atoms with E-state index in [0.717, 1.165) is 11.4 Å². The summed E-state index contributed by atoms with van der Waals surface area (Å²) in [5.41, 5.74) is 7.62. The minimum absolute atomic E-state index is 0.463. The van der Waals surface area contributed by atoms with E-state index in [1.54, 1.807) is 12.1 Å². The smallest absolute Gasteiger partial charge is 0.163 e. The van der Waals surface area contributed by atoms with Gasteiger partial charge in [0, 0.05) is 17.4 Å². The molecule has 3 N–H and O–H groups in total. The summed E-state index contributed by atoms with van der Waals surface area (Å²) in [6.45, 7) is 1.11. The van der Waals surface area contributed by atoms with Crippen LogP contribution in [0, 0.1) is 0 Å². The van der Waals surface area contributed by atoms with E-state index in [4.69, 9.17) is 38.4 Å². The van der Waals surface area contributed by atoms with Gasteiger partial charge in [0.1, 0.15) is 13.2 Å². The van der Waals surface area contributed by atoms with Crippen molar-refractivity contribution in [3.8, 4) is 11.5 Å². The third-order valence-corrected chi connectivity index (χ3v) is 3.47. The zero-order valence-corrected chi connectivity index (χ0v) is 12.0. The Balaban J connectivity index is 1.92. The van der Waals surface area contributed by atoms with Gasteiger partial charge in [-0.15, -0.1) is 0 Å². The maximum Gasteiger partial charge on any atom is 0.163 e. The van der Waals surface area contributed by atoms with Gasteiger partial charge in [0.2, 0.25) is 0 Å². The van der Waals surface area contributed by atoms with Gasteiger partial charge in [0.25, 0.3) is 0 Å². The van der Waals surface area contributed by atoms with Crippen LogP contribution in [0.1, 0.15) is 0 Å². The molecule has 0 radical (unpaired) electrons. The van der Waals surface area contributed by atoms with Crippen LogP contribution in [0.2, 0.25) is 10.0 Å². The fourth-order valence-corrected chi connectivity index (χ4v) is 2.58. The second kappa shape index (κ2) is 5.31. The van der Waals surface area contributed by atoms with Gasteiger partial charge < -0.3 is 20.5 Å². The van der Waals surface area contributed by atoms with Crippen molar-refractivity contribution in [1.82, 2.24) is 0 Å². The molecule has 1 aliphatic heterocycles. The summed E-state index contributed by atoms with van der Waals surface area (Å²) in [4.78, 5) is 0. The van der Waals surface area contributed by atoms with Gasteiger partial charge in [-0.25, -0.2) is 0 Å². The lowest BCUT2D eigenvalue weighted by Crippen LogP contribution is -2.15. The van der Waals surface area contributed by atoms with Crippen molar-refractivity contribution in [2.24, 2.45) is 0 Å². The van der Waals surface area contributed by atoms with Gasteiger partial charge in [0.15, 0.2) is 11.5 Å². The molecule has 2 aromatic carbocycles. The summed E-state index contributed by atoms with van der Waals surface area (Å²) < 4.78 is 11.0.